The third kappa shape index (κ3) is 6.46. The Bertz CT molecular complexity index is 1520. The number of rotatable bonds is 8. The minimum absolute atomic E-state index is 0.00265. The SMILES string of the molecule is Cn1ccc(CS(=O)(=O)c2ccc(C(=O)NCCCc3ncc[nH]3)cc2C#Cc2ccc(F)cc2)n1. The summed E-state index contributed by atoms with van der Waals surface area (Å²) in [5.41, 5.74) is 1.37. The molecule has 0 spiro atoms. The van der Waals surface area contributed by atoms with Crippen molar-refractivity contribution >= 4 is 15.7 Å². The summed E-state index contributed by atoms with van der Waals surface area (Å²) < 4.78 is 41.2. The Morgan fingerprint density at radius 1 is 1.14 bits per heavy atom. The van der Waals surface area contributed by atoms with E-state index in [4.69, 9.17) is 0 Å². The van der Waals surface area contributed by atoms with Crippen LogP contribution in [0.5, 0.6) is 0 Å². The van der Waals surface area contributed by atoms with E-state index in [1.54, 1.807) is 31.7 Å². The van der Waals surface area contributed by atoms with E-state index in [0.717, 1.165) is 5.82 Å². The maximum atomic E-state index is 13.2. The molecule has 10 heteroatoms. The lowest BCUT2D eigenvalue weighted by Crippen LogP contribution is -2.25. The Morgan fingerprint density at radius 3 is 2.64 bits per heavy atom. The summed E-state index contributed by atoms with van der Waals surface area (Å²) in [6.45, 7) is 0.426. The highest BCUT2D eigenvalue weighted by Crippen LogP contribution is 2.22. The predicted molar refractivity (Wildman–Crippen MR) is 132 cm³/mol. The number of carbonyl (C=O) groups is 1. The van der Waals surface area contributed by atoms with Gasteiger partial charge in [0.25, 0.3) is 5.91 Å². The van der Waals surface area contributed by atoms with Gasteiger partial charge in [0.1, 0.15) is 11.6 Å². The van der Waals surface area contributed by atoms with Crippen LogP contribution in [0.2, 0.25) is 0 Å². The minimum atomic E-state index is -3.81. The van der Waals surface area contributed by atoms with Crippen molar-refractivity contribution in [2.24, 2.45) is 7.05 Å². The molecule has 36 heavy (non-hydrogen) atoms. The van der Waals surface area contributed by atoms with Gasteiger partial charge in [0.05, 0.1) is 16.3 Å². The number of aromatic nitrogens is 4. The number of carbonyl (C=O) groups excluding carboxylic acids is 1. The molecule has 0 atom stereocenters. The average Bonchev–Trinajstić information content (AvgIpc) is 3.52. The summed E-state index contributed by atoms with van der Waals surface area (Å²) in [4.78, 5) is 19.9. The molecular weight excluding hydrogens is 481 g/mol. The predicted octanol–water partition coefficient (Wildman–Crippen LogP) is 3.02. The number of H-pyrrole nitrogens is 1. The quantitative estimate of drug-likeness (QED) is 0.283. The van der Waals surface area contributed by atoms with E-state index in [9.17, 15) is 17.6 Å². The van der Waals surface area contributed by atoms with Crippen LogP contribution < -0.4 is 5.32 Å². The normalized spacial score (nSPS) is 11.1. The first kappa shape index (κ1) is 24.9. The first-order valence-electron chi connectivity index (χ1n) is 11.2. The van der Waals surface area contributed by atoms with Crippen LogP contribution in [-0.2, 0) is 29.1 Å². The highest BCUT2D eigenvalue weighted by molar-refractivity contribution is 7.90. The third-order valence-corrected chi connectivity index (χ3v) is 7.00. The fourth-order valence-corrected chi connectivity index (χ4v) is 4.94. The molecule has 0 radical (unpaired) electrons. The van der Waals surface area contributed by atoms with Crippen molar-refractivity contribution in [3.8, 4) is 11.8 Å². The zero-order chi connectivity index (χ0) is 25.5. The second-order valence-electron chi connectivity index (χ2n) is 8.10. The molecule has 0 aliphatic carbocycles. The fourth-order valence-electron chi connectivity index (χ4n) is 3.52. The van der Waals surface area contributed by atoms with Gasteiger partial charge >= 0.3 is 0 Å². The number of halogens is 1. The first-order valence-corrected chi connectivity index (χ1v) is 12.8. The van der Waals surface area contributed by atoms with Crippen molar-refractivity contribution in [3.63, 3.8) is 0 Å². The van der Waals surface area contributed by atoms with Crippen LogP contribution >= 0.6 is 0 Å². The van der Waals surface area contributed by atoms with Crippen molar-refractivity contribution < 1.29 is 17.6 Å². The largest absolute Gasteiger partial charge is 0.352 e. The number of sulfone groups is 1. The molecule has 2 aromatic carbocycles. The Kier molecular flexibility index (Phi) is 7.61. The Hall–Kier alpha value is -4.23. The fraction of sp³-hybridized carbons (Fsp3) is 0.192. The van der Waals surface area contributed by atoms with E-state index in [1.165, 1.54) is 47.1 Å². The van der Waals surface area contributed by atoms with Gasteiger partial charge in [0.2, 0.25) is 0 Å². The van der Waals surface area contributed by atoms with Gasteiger partial charge in [-0.05, 0) is 55.0 Å². The van der Waals surface area contributed by atoms with Gasteiger partial charge in [0, 0.05) is 55.3 Å². The molecule has 8 nitrogen and oxygen atoms in total. The standard InChI is InChI=1S/C26H24FN5O3S/c1-32-16-12-23(31-32)18-36(34,35)24-11-8-21(26(33)30-13-2-3-25-28-14-15-29-25)17-20(24)7-4-19-5-9-22(27)10-6-19/h5-6,8-12,14-17H,2-3,13,18H2,1H3,(H,28,29)(H,30,33). The summed E-state index contributed by atoms with van der Waals surface area (Å²) in [7, 11) is -2.10. The molecule has 2 aromatic heterocycles. The van der Waals surface area contributed by atoms with Crippen molar-refractivity contribution in [2.45, 2.75) is 23.5 Å². The highest BCUT2D eigenvalue weighted by atomic mass is 32.2. The summed E-state index contributed by atoms with van der Waals surface area (Å²) >= 11 is 0. The number of imidazole rings is 1. The van der Waals surface area contributed by atoms with Gasteiger partial charge in [-0.1, -0.05) is 11.8 Å². The van der Waals surface area contributed by atoms with Gasteiger partial charge in [-0.15, -0.1) is 0 Å². The lowest BCUT2D eigenvalue weighted by Gasteiger charge is -2.09. The van der Waals surface area contributed by atoms with Crippen molar-refractivity contribution in [1.82, 2.24) is 25.1 Å². The molecule has 0 aliphatic rings. The topological polar surface area (TPSA) is 110 Å². The summed E-state index contributed by atoms with van der Waals surface area (Å²) in [5.74, 6) is 5.51. The smallest absolute Gasteiger partial charge is 0.251 e. The minimum Gasteiger partial charge on any atom is -0.352 e. The molecule has 0 fully saturated rings. The summed E-state index contributed by atoms with van der Waals surface area (Å²) in [6.07, 6.45) is 6.45. The average molecular weight is 506 g/mol. The molecule has 1 amide bonds. The zero-order valence-electron chi connectivity index (χ0n) is 19.5. The van der Waals surface area contributed by atoms with Crippen LogP contribution in [0, 0.1) is 17.7 Å². The zero-order valence-corrected chi connectivity index (χ0v) is 20.3. The van der Waals surface area contributed by atoms with Crippen molar-refractivity contribution in [2.75, 3.05) is 6.54 Å². The lowest BCUT2D eigenvalue weighted by molar-refractivity contribution is 0.0953. The van der Waals surface area contributed by atoms with E-state index >= 15 is 0 Å². The van der Waals surface area contributed by atoms with Gasteiger partial charge in [-0.25, -0.2) is 17.8 Å². The highest BCUT2D eigenvalue weighted by Gasteiger charge is 2.21. The first-order chi connectivity index (χ1) is 17.3. The number of aryl methyl sites for hydroxylation is 2. The van der Waals surface area contributed by atoms with Crippen LogP contribution in [0.25, 0.3) is 0 Å². The second-order valence-corrected chi connectivity index (χ2v) is 10.1. The number of nitrogens with one attached hydrogen (secondary N) is 2. The number of hydrogen-bond acceptors (Lipinski definition) is 5. The molecule has 184 valence electrons. The van der Waals surface area contributed by atoms with Crippen LogP contribution in [0.15, 0.2) is 72.0 Å². The molecule has 4 rings (SSSR count). The van der Waals surface area contributed by atoms with E-state index in [0.29, 0.717) is 30.6 Å². The van der Waals surface area contributed by atoms with Gasteiger partial charge in [-0.3, -0.25) is 9.48 Å². The van der Waals surface area contributed by atoms with Gasteiger partial charge < -0.3 is 10.3 Å². The Labute approximate surface area is 208 Å². The molecule has 0 saturated carbocycles. The number of benzene rings is 2. The summed E-state index contributed by atoms with van der Waals surface area (Å²) in [6, 6.07) is 11.5. The summed E-state index contributed by atoms with van der Waals surface area (Å²) in [5, 5.41) is 6.99. The molecule has 4 aromatic rings. The van der Waals surface area contributed by atoms with Crippen molar-refractivity contribution in [3.05, 3.63) is 101 Å². The molecule has 2 N–H and O–H groups in total. The number of amides is 1. The van der Waals surface area contributed by atoms with Gasteiger partial charge in [-0.2, -0.15) is 5.10 Å². The lowest BCUT2D eigenvalue weighted by atomic mass is 10.1. The van der Waals surface area contributed by atoms with E-state index in [-0.39, 0.29) is 27.7 Å². The Morgan fingerprint density at radius 2 is 1.94 bits per heavy atom. The maximum Gasteiger partial charge on any atom is 0.251 e. The molecule has 0 saturated heterocycles. The maximum absolute atomic E-state index is 13.2. The molecule has 2 heterocycles. The second kappa shape index (κ2) is 11.0. The monoisotopic (exact) mass is 505 g/mol. The number of nitrogens with zero attached hydrogens (tertiary/aromatic N) is 3. The third-order valence-electron chi connectivity index (χ3n) is 5.30. The van der Waals surface area contributed by atoms with Crippen LogP contribution in [0.3, 0.4) is 0 Å². The molecule has 0 aliphatic heterocycles. The van der Waals surface area contributed by atoms with Crippen molar-refractivity contribution in [1.29, 1.82) is 0 Å². The van der Waals surface area contributed by atoms with Crippen LogP contribution in [0.4, 0.5) is 4.39 Å². The molecule has 0 bridgehead atoms. The Balaban J connectivity index is 1.58. The van der Waals surface area contributed by atoms with E-state index in [1.807, 2.05) is 0 Å². The molecular formula is C26H24FN5O3S. The van der Waals surface area contributed by atoms with Gasteiger partial charge in [0.15, 0.2) is 9.84 Å². The number of aromatic amines is 1. The number of hydrogen-bond donors (Lipinski definition) is 2. The molecule has 0 unspecified atom stereocenters. The van der Waals surface area contributed by atoms with E-state index in [2.05, 4.69) is 32.2 Å². The van der Waals surface area contributed by atoms with Crippen LogP contribution in [0.1, 0.15) is 39.4 Å². The van der Waals surface area contributed by atoms with Crippen LogP contribution in [-0.4, -0.2) is 40.6 Å². The van der Waals surface area contributed by atoms with E-state index < -0.39 is 15.7 Å².